The van der Waals surface area contributed by atoms with Crippen LogP contribution >= 0.6 is 0 Å². The lowest BCUT2D eigenvalue weighted by Gasteiger charge is -2.07. The highest BCUT2D eigenvalue weighted by Gasteiger charge is 2.12. The van der Waals surface area contributed by atoms with E-state index in [1.807, 2.05) is 0 Å². The number of rotatable bonds is 5. The Hall–Kier alpha value is -2.96. The zero-order valence-corrected chi connectivity index (χ0v) is 11.6. The molecule has 0 atom stereocenters. The van der Waals surface area contributed by atoms with Crippen molar-refractivity contribution in [2.45, 2.75) is 6.54 Å². The van der Waals surface area contributed by atoms with Gasteiger partial charge in [0, 0.05) is 24.8 Å². The van der Waals surface area contributed by atoms with Crippen LogP contribution in [0.3, 0.4) is 0 Å². The molecule has 0 spiro atoms. The maximum Gasteiger partial charge on any atom is 0.338 e. The summed E-state index contributed by atoms with van der Waals surface area (Å²) in [5.74, 6) is -1.11. The molecule has 3 rings (SSSR count). The topological polar surface area (TPSA) is 61.9 Å². The van der Waals surface area contributed by atoms with Crippen molar-refractivity contribution in [2.24, 2.45) is 0 Å². The maximum atomic E-state index is 14.0. The van der Waals surface area contributed by atoms with Crippen molar-refractivity contribution in [1.29, 1.82) is 0 Å². The number of carbonyl (C=O) groups is 1. The van der Waals surface area contributed by atoms with Gasteiger partial charge in [-0.1, -0.05) is 0 Å². The van der Waals surface area contributed by atoms with Crippen molar-refractivity contribution in [2.75, 3.05) is 6.61 Å². The molecule has 6 nitrogen and oxygen atoms in total. The fraction of sp³-hybridized carbons (Fsp3) is 0.133. The Kier molecular flexibility index (Phi) is 3.95. The van der Waals surface area contributed by atoms with E-state index in [-0.39, 0.29) is 17.9 Å². The predicted octanol–water partition coefficient (Wildman–Crippen LogP) is 2.06. The Balaban J connectivity index is 1.64. The van der Waals surface area contributed by atoms with E-state index in [1.54, 1.807) is 41.6 Å². The molecule has 1 aromatic carbocycles. The van der Waals surface area contributed by atoms with Crippen LogP contribution in [0.5, 0.6) is 0 Å². The molecule has 0 radical (unpaired) electrons. The van der Waals surface area contributed by atoms with Gasteiger partial charge in [-0.15, -0.1) is 0 Å². The van der Waals surface area contributed by atoms with Crippen LogP contribution in [0.2, 0.25) is 0 Å². The first-order chi connectivity index (χ1) is 10.7. The predicted molar refractivity (Wildman–Crippen MR) is 76.0 cm³/mol. The standard InChI is InChI=1S/C15H13FN4O2/c16-13-11-12(3-4-14(13)20-8-2-6-18-20)15(21)22-10-9-19-7-1-5-17-19/h1-8,11H,9-10H2. The summed E-state index contributed by atoms with van der Waals surface area (Å²) in [6.45, 7) is 0.621. The number of ether oxygens (including phenoxy) is 1. The molecule has 0 saturated carbocycles. The monoisotopic (exact) mass is 300 g/mol. The summed E-state index contributed by atoms with van der Waals surface area (Å²) in [6, 6.07) is 7.62. The van der Waals surface area contributed by atoms with Gasteiger partial charge in [-0.2, -0.15) is 10.2 Å². The summed E-state index contributed by atoms with van der Waals surface area (Å²) >= 11 is 0. The molecule has 2 heterocycles. The quantitative estimate of drug-likeness (QED) is 0.677. The molecule has 3 aromatic rings. The lowest BCUT2D eigenvalue weighted by Crippen LogP contribution is -2.12. The smallest absolute Gasteiger partial charge is 0.338 e. The fourth-order valence-electron chi connectivity index (χ4n) is 1.98. The highest BCUT2D eigenvalue weighted by Crippen LogP contribution is 2.15. The van der Waals surface area contributed by atoms with E-state index >= 15 is 0 Å². The maximum absolute atomic E-state index is 14.0. The number of carbonyl (C=O) groups excluding carboxylic acids is 1. The van der Waals surface area contributed by atoms with Crippen molar-refractivity contribution in [1.82, 2.24) is 19.6 Å². The van der Waals surface area contributed by atoms with Gasteiger partial charge in [0.15, 0.2) is 0 Å². The van der Waals surface area contributed by atoms with Crippen LogP contribution in [0, 0.1) is 5.82 Å². The molecule has 0 aliphatic rings. The molecule has 0 N–H and O–H groups in total. The first kappa shape index (κ1) is 14.0. The minimum Gasteiger partial charge on any atom is -0.460 e. The van der Waals surface area contributed by atoms with Crippen molar-refractivity contribution < 1.29 is 13.9 Å². The van der Waals surface area contributed by atoms with Gasteiger partial charge in [-0.05, 0) is 30.3 Å². The molecular weight excluding hydrogens is 287 g/mol. The van der Waals surface area contributed by atoms with E-state index in [4.69, 9.17) is 4.74 Å². The number of hydrogen-bond acceptors (Lipinski definition) is 4. The van der Waals surface area contributed by atoms with Gasteiger partial charge in [0.1, 0.15) is 18.1 Å². The average Bonchev–Trinajstić information content (AvgIpc) is 3.20. The van der Waals surface area contributed by atoms with Crippen LogP contribution in [-0.2, 0) is 11.3 Å². The number of benzene rings is 1. The largest absolute Gasteiger partial charge is 0.460 e. The summed E-state index contributed by atoms with van der Waals surface area (Å²) in [5, 5.41) is 7.95. The Morgan fingerprint density at radius 1 is 1.18 bits per heavy atom. The Morgan fingerprint density at radius 3 is 2.68 bits per heavy atom. The van der Waals surface area contributed by atoms with E-state index in [0.717, 1.165) is 6.07 Å². The molecule has 22 heavy (non-hydrogen) atoms. The van der Waals surface area contributed by atoms with E-state index in [1.165, 1.54) is 16.8 Å². The summed E-state index contributed by atoms with van der Waals surface area (Å²) in [5.41, 5.74) is 0.437. The second-order valence-corrected chi connectivity index (χ2v) is 4.52. The minimum absolute atomic E-state index is 0.161. The zero-order chi connectivity index (χ0) is 15.4. The normalized spacial score (nSPS) is 10.6. The van der Waals surface area contributed by atoms with Crippen LogP contribution in [0.4, 0.5) is 4.39 Å². The van der Waals surface area contributed by atoms with Gasteiger partial charge >= 0.3 is 5.97 Å². The lowest BCUT2D eigenvalue weighted by atomic mass is 10.2. The van der Waals surface area contributed by atoms with E-state index in [0.29, 0.717) is 6.54 Å². The van der Waals surface area contributed by atoms with Crippen LogP contribution in [0.15, 0.2) is 55.1 Å². The fourth-order valence-corrected chi connectivity index (χ4v) is 1.98. The minimum atomic E-state index is -0.571. The van der Waals surface area contributed by atoms with E-state index in [9.17, 15) is 9.18 Å². The zero-order valence-electron chi connectivity index (χ0n) is 11.6. The molecule has 2 aromatic heterocycles. The highest BCUT2D eigenvalue weighted by atomic mass is 19.1. The molecule has 0 amide bonds. The Labute approximate surface area is 125 Å². The summed E-state index contributed by atoms with van der Waals surface area (Å²) in [6.07, 6.45) is 6.59. The Morgan fingerprint density at radius 2 is 2.00 bits per heavy atom. The number of esters is 1. The molecule has 0 aliphatic heterocycles. The van der Waals surface area contributed by atoms with Gasteiger partial charge in [0.2, 0.25) is 0 Å². The van der Waals surface area contributed by atoms with Crippen LogP contribution < -0.4 is 0 Å². The van der Waals surface area contributed by atoms with Crippen molar-refractivity contribution in [3.8, 4) is 5.69 Å². The van der Waals surface area contributed by atoms with Gasteiger partial charge < -0.3 is 4.74 Å². The summed E-state index contributed by atoms with van der Waals surface area (Å²) < 4.78 is 22.2. The molecule has 7 heteroatoms. The third-order valence-electron chi connectivity index (χ3n) is 3.05. The third kappa shape index (κ3) is 3.03. The number of halogens is 1. The number of nitrogens with zero attached hydrogens (tertiary/aromatic N) is 4. The Bertz CT molecular complexity index is 754. The number of hydrogen-bond donors (Lipinski definition) is 0. The summed E-state index contributed by atoms with van der Waals surface area (Å²) in [7, 11) is 0. The number of aromatic nitrogens is 4. The lowest BCUT2D eigenvalue weighted by molar-refractivity contribution is 0.0487. The van der Waals surface area contributed by atoms with Crippen LogP contribution in [0.1, 0.15) is 10.4 Å². The van der Waals surface area contributed by atoms with Crippen molar-refractivity contribution in [3.05, 3.63) is 66.5 Å². The molecule has 0 bridgehead atoms. The SMILES string of the molecule is O=C(OCCn1cccn1)c1ccc(-n2cccn2)c(F)c1. The molecule has 0 aliphatic carbocycles. The second-order valence-electron chi connectivity index (χ2n) is 4.52. The first-order valence-electron chi connectivity index (χ1n) is 6.68. The van der Waals surface area contributed by atoms with Gasteiger partial charge in [0.05, 0.1) is 12.1 Å². The van der Waals surface area contributed by atoms with E-state index < -0.39 is 11.8 Å². The van der Waals surface area contributed by atoms with Crippen LogP contribution in [-0.4, -0.2) is 32.1 Å². The third-order valence-corrected chi connectivity index (χ3v) is 3.05. The van der Waals surface area contributed by atoms with Gasteiger partial charge in [-0.25, -0.2) is 13.9 Å². The van der Waals surface area contributed by atoms with Crippen LogP contribution in [0.25, 0.3) is 5.69 Å². The van der Waals surface area contributed by atoms with Gasteiger partial charge in [-0.3, -0.25) is 4.68 Å². The molecule has 0 fully saturated rings. The molecule has 0 saturated heterocycles. The van der Waals surface area contributed by atoms with Crippen molar-refractivity contribution in [3.63, 3.8) is 0 Å². The summed E-state index contributed by atoms with van der Waals surface area (Å²) in [4.78, 5) is 11.9. The first-order valence-corrected chi connectivity index (χ1v) is 6.68. The highest BCUT2D eigenvalue weighted by molar-refractivity contribution is 5.89. The van der Waals surface area contributed by atoms with Crippen molar-refractivity contribution >= 4 is 5.97 Å². The second kappa shape index (κ2) is 6.21. The van der Waals surface area contributed by atoms with Gasteiger partial charge in [0.25, 0.3) is 0 Å². The van der Waals surface area contributed by atoms with E-state index in [2.05, 4.69) is 10.2 Å². The average molecular weight is 300 g/mol. The molecule has 0 unspecified atom stereocenters. The molecule has 112 valence electrons. The molecular formula is C15H13FN4O2.